The molecule has 0 bridgehead atoms. The van der Waals surface area contributed by atoms with E-state index in [1.807, 2.05) is 30.3 Å². The number of hydrogen-bond acceptors (Lipinski definition) is 8. The molecule has 43 heavy (non-hydrogen) atoms. The first-order valence-corrected chi connectivity index (χ1v) is 14.6. The van der Waals surface area contributed by atoms with E-state index in [1.165, 1.54) is 19.4 Å². The maximum Gasteiger partial charge on any atom is 0.344 e. The number of rotatable bonds is 14. The monoisotopic (exact) mass is 693 g/mol. The van der Waals surface area contributed by atoms with Crippen LogP contribution < -0.4 is 25.0 Å². The summed E-state index contributed by atoms with van der Waals surface area (Å²) in [5, 5.41) is 7.47. The first kappa shape index (κ1) is 33.7. The smallest absolute Gasteiger partial charge is 0.344 e. The van der Waals surface area contributed by atoms with Crippen LogP contribution in [0.3, 0.4) is 0 Å². The topological polar surface area (TPSA) is 125 Å². The number of benzene rings is 3. The summed E-state index contributed by atoms with van der Waals surface area (Å²) in [6.45, 7) is 3.19. The summed E-state index contributed by atoms with van der Waals surface area (Å²) < 4.78 is 22.0. The average molecular weight is 695 g/mol. The SMILES string of the molecule is CCOC(=O)COc1c(Br)cc(/C=N\NC(=O)[C@H](Cc2ccccc2)NC(=O)[C@H](C)Oc2ccc(Cl)cc2Cl)cc1OC. The van der Waals surface area contributed by atoms with Crippen molar-refractivity contribution in [2.24, 2.45) is 5.10 Å². The van der Waals surface area contributed by atoms with Crippen molar-refractivity contribution in [2.45, 2.75) is 32.4 Å². The normalized spacial score (nSPS) is 12.2. The second-order valence-corrected chi connectivity index (χ2v) is 10.6. The second kappa shape index (κ2) is 16.7. The van der Waals surface area contributed by atoms with E-state index < -0.39 is 29.9 Å². The molecule has 0 aliphatic rings. The Kier molecular flexibility index (Phi) is 13.1. The third-order valence-electron chi connectivity index (χ3n) is 5.76. The standard InChI is InChI=1S/C30H30BrCl2N3O7/c1-4-41-27(37)17-42-28-22(31)12-20(14-26(28)40-3)16-34-36-30(39)24(13-19-8-6-5-7-9-19)35-29(38)18(2)43-25-11-10-21(32)15-23(25)33/h5-12,14-16,18,24H,4,13,17H2,1-3H3,(H,35,38)(H,36,39)/b34-16-/t18-,24-/m0/s1. The van der Waals surface area contributed by atoms with Crippen molar-refractivity contribution in [3.63, 3.8) is 0 Å². The summed E-state index contributed by atoms with van der Waals surface area (Å²) in [5.41, 5.74) is 3.86. The minimum atomic E-state index is -0.973. The molecular weight excluding hydrogens is 665 g/mol. The Morgan fingerprint density at radius 1 is 1.02 bits per heavy atom. The van der Waals surface area contributed by atoms with Gasteiger partial charge in [-0.05, 0) is 71.2 Å². The lowest BCUT2D eigenvalue weighted by molar-refractivity contribution is -0.145. The summed E-state index contributed by atoms with van der Waals surface area (Å²) in [7, 11) is 1.45. The van der Waals surface area contributed by atoms with Crippen molar-refractivity contribution >= 4 is 63.1 Å². The maximum absolute atomic E-state index is 13.2. The number of nitrogens with zero attached hydrogens (tertiary/aromatic N) is 1. The zero-order chi connectivity index (χ0) is 31.4. The molecule has 13 heteroatoms. The number of hydrogen-bond donors (Lipinski definition) is 2. The summed E-state index contributed by atoms with van der Waals surface area (Å²) in [4.78, 5) is 37.9. The zero-order valence-electron chi connectivity index (χ0n) is 23.6. The van der Waals surface area contributed by atoms with Crippen LogP contribution in [0.1, 0.15) is 25.0 Å². The maximum atomic E-state index is 13.2. The van der Waals surface area contributed by atoms with Gasteiger partial charge in [0, 0.05) is 11.4 Å². The van der Waals surface area contributed by atoms with Crippen LogP contribution in [0.15, 0.2) is 70.2 Å². The van der Waals surface area contributed by atoms with E-state index >= 15 is 0 Å². The van der Waals surface area contributed by atoms with E-state index in [0.29, 0.717) is 26.6 Å². The van der Waals surface area contributed by atoms with Crippen LogP contribution in [0.5, 0.6) is 17.2 Å². The molecule has 2 N–H and O–H groups in total. The second-order valence-electron chi connectivity index (χ2n) is 8.95. The van der Waals surface area contributed by atoms with Crippen molar-refractivity contribution < 1.29 is 33.3 Å². The zero-order valence-corrected chi connectivity index (χ0v) is 26.7. The summed E-state index contributed by atoms with van der Waals surface area (Å²) in [6.07, 6.45) is 0.632. The van der Waals surface area contributed by atoms with Gasteiger partial charge in [0.05, 0.1) is 29.4 Å². The van der Waals surface area contributed by atoms with Gasteiger partial charge in [0.2, 0.25) is 0 Å². The molecule has 3 aromatic rings. The van der Waals surface area contributed by atoms with Crippen LogP contribution in [0, 0.1) is 0 Å². The molecule has 2 atom stereocenters. The minimum absolute atomic E-state index is 0.203. The van der Waals surface area contributed by atoms with Gasteiger partial charge in [-0.1, -0.05) is 53.5 Å². The number of carbonyl (C=O) groups excluding carboxylic acids is 3. The van der Waals surface area contributed by atoms with Crippen molar-refractivity contribution in [1.82, 2.24) is 10.7 Å². The average Bonchev–Trinajstić information content (AvgIpc) is 2.98. The molecule has 3 rings (SSSR count). The predicted octanol–water partition coefficient (Wildman–Crippen LogP) is 5.35. The van der Waals surface area contributed by atoms with Crippen LogP contribution in [-0.4, -0.2) is 56.5 Å². The van der Waals surface area contributed by atoms with E-state index in [-0.39, 0.29) is 30.4 Å². The van der Waals surface area contributed by atoms with Gasteiger partial charge < -0.3 is 24.3 Å². The van der Waals surface area contributed by atoms with Crippen molar-refractivity contribution in [1.29, 1.82) is 0 Å². The number of halogens is 3. The molecule has 0 spiro atoms. The van der Waals surface area contributed by atoms with Crippen molar-refractivity contribution in [3.05, 3.63) is 86.3 Å². The van der Waals surface area contributed by atoms with Gasteiger partial charge in [-0.25, -0.2) is 10.2 Å². The third kappa shape index (κ3) is 10.5. The highest BCUT2D eigenvalue weighted by Gasteiger charge is 2.25. The number of amides is 2. The fraction of sp³-hybridized carbons (Fsp3) is 0.267. The van der Waals surface area contributed by atoms with Crippen LogP contribution >= 0.6 is 39.1 Å². The molecule has 0 saturated heterocycles. The Morgan fingerprint density at radius 3 is 2.44 bits per heavy atom. The summed E-state index contributed by atoms with van der Waals surface area (Å²) >= 11 is 15.5. The van der Waals surface area contributed by atoms with Gasteiger partial charge in [-0.15, -0.1) is 0 Å². The summed E-state index contributed by atoms with van der Waals surface area (Å²) in [5.74, 6) is -0.684. The highest BCUT2D eigenvalue weighted by molar-refractivity contribution is 9.10. The number of ether oxygens (including phenoxy) is 4. The number of hydrazone groups is 1. The molecule has 2 amide bonds. The highest BCUT2D eigenvalue weighted by atomic mass is 79.9. The molecule has 0 radical (unpaired) electrons. The Hall–Kier alpha value is -3.80. The molecule has 0 aliphatic carbocycles. The van der Waals surface area contributed by atoms with E-state index in [1.54, 1.807) is 38.1 Å². The van der Waals surface area contributed by atoms with E-state index in [4.69, 9.17) is 42.1 Å². The quantitative estimate of drug-likeness (QED) is 0.132. The van der Waals surface area contributed by atoms with Crippen molar-refractivity contribution in [2.75, 3.05) is 20.3 Å². The van der Waals surface area contributed by atoms with Gasteiger partial charge in [0.25, 0.3) is 11.8 Å². The Morgan fingerprint density at radius 2 is 1.77 bits per heavy atom. The van der Waals surface area contributed by atoms with Gasteiger partial charge >= 0.3 is 5.97 Å². The molecular formula is C30H30BrCl2N3O7. The molecule has 228 valence electrons. The van der Waals surface area contributed by atoms with Crippen LogP contribution in [0.2, 0.25) is 10.0 Å². The fourth-order valence-corrected chi connectivity index (χ4v) is 4.73. The van der Waals surface area contributed by atoms with Gasteiger partial charge in [-0.2, -0.15) is 5.10 Å². The lowest BCUT2D eigenvalue weighted by atomic mass is 10.1. The molecule has 3 aromatic carbocycles. The van der Waals surface area contributed by atoms with E-state index in [2.05, 4.69) is 31.8 Å². The van der Waals surface area contributed by atoms with E-state index in [9.17, 15) is 14.4 Å². The van der Waals surface area contributed by atoms with Crippen LogP contribution in [0.4, 0.5) is 0 Å². The predicted molar refractivity (Wildman–Crippen MR) is 167 cm³/mol. The lowest BCUT2D eigenvalue weighted by Gasteiger charge is -2.21. The molecule has 0 aliphatic heterocycles. The third-order valence-corrected chi connectivity index (χ3v) is 6.88. The number of esters is 1. The van der Waals surface area contributed by atoms with Gasteiger partial charge in [0.15, 0.2) is 24.2 Å². The number of methoxy groups -OCH3 is 1. The molecule has 0 unspecified atom stereocenters. The Balaban J connectivity index is 1.70. The number of carbonyl (C=O) groups is 3. The minimum Gasteiger partial charge on any atom is -0.493 e. The lowest BCUT2D eigenvalue weighted by Crippen LogP contribution is -2.50. The van der Waals surface area contributed by atoms with Gasteiger partial charge in [-0.3, -0.25) is 9.59 Å². The molecule has 0 fully saturated rings. The van der Waals surface area contributed by atoms with Crippen LogP contribution in [-0.2, 0) is 25.5 Å². The first-order valence-electron chi connectivity index (χ1n) is 13.1. The van der Waals surface area contributed by atoms with Crippen LogP contribution in [0.25, 0.3) is 0 Å². The van der Waals surface area contributed by atoms with Crippen molar-refractivity contribution in [3.8, 4) is 17.2 Å². The Labute approximate surface area is 267 Å². The first-order chi connectivity index (χ1) is 20.6. The number of nitrogens with one attached hydrogen (secondary N) is 2. The van der Waals surface area contributed by atoms with Gasteiger partial charge in [0.1, 0.15) is 11.8 Å². The highest BCUT2D eigenvalue weighted by Crippen LogP contribution is 2.36. The molecule has 0 aromatic heterocycles. The van der Waals surface area contributed by atoms with E-state index in [0.717, 1.165) is 5.56 Å². The molecule has 10 nitrogen and oxygen atoms in total. The molecule has 0 saturated carbocycles. The largest absolute Gasteiger partial charge is 0.493 e. The Bertz CT molecular complexity index is 1460. The fourth-order valence-electron chi connectivity index (χ4n) is 3.70. The molecule has 0 heterocycles. The summed E-state index contributed by atoms with van der Waals surface area (Å²) in [6, 6.07) is 16.2.